The first-order valence-corrected chi connectivity index (χ1v) is 4.34. The molecular weight excluding hydrogens is 188 g/mol. The van der Waals surface area contributed by atoms with Crippen molar-refractivity contribution in [3.8, 4) is 0 Å². The molecule has 3 N–H and O–H groups in total. The Hall–Kier alpha value is -1.00. The van der Waals surface area contributed by atoms with Crippen LogP contribution in [0.4, 0.5) is 8.78 Å². The molecule has 4 heteroatoms. The molecule has 0 amide bonds. The number of nitrogens with two attached hydrogens (primary N) is 1. The summed E-state index contributed by atoms with van der Waals surface area (Å²) in [4.78, 5) is 0. The highest BCUT2D eigenvalue weighted by molar-refractivity contribution is 5.25. The van der Waals surface area contributed by atoms with Gasteiger partial charge in [0.1, 0.15) is 0 Å². The average Bonchev–Trinajstić information content (AvgIpc) is 2.16. The molecule has 1 aromatic rings. The van der Waals surface area contributed by atoms with Gasteiger partial charge in [0.25, 0.3) is 6.43 Å². The summed E-state index contributed by atoms with van der Waals surface area (Å²) in [6, 6.07) is 5.12. The predicted molar refractivity (Wildman–Crippen MR) is 50.0 cm³/mol. The molecule has 0 saturated carbocycles. The zero-order valence-corrected chi connectivity index (χ0v) is 7.82. The molecule has 1 aromatic carbocycles. The van der Waals surface area contributed by atoms with E-state index in [1.54, 1.807) is 6.92 Å². The van der Waals surface area contributed by atoms with Crippen LogP contribution in [0.1, 0.15) is 30.6 Å². The Morgan fingerprint density at radius 2 is 1.57 bits per heavy atom. The van der Waals surface area contributed by atoms with Gasteiger partial charge in [-0.25, -0.2) is 8.78 Å². The summed E-state index contributed by atoms with van der Waals surface area (Å²) in [7, 11) is 0. The van der Waals surface area contributed by atoms with E-state index in [0.717, 1.165) is 0 Å². The molecule has 0 bridgehead atoms. The van der Waals surface area contributed by atoms with Crippen molar-refractivity contribution in [2.45, 2.75) is 25.5 Å². The van der Waals surface area contributed by atoms with E-state index in [1.165, 1.54) is 24.3 Å². The predicted octanol–water partition coefficient (Wildman–Crippen LogP) is 2.00. The Labute approximate surface area is 81.4 Å². The fourth-order valence-electron chi connectivity index (χ4n) is 1.14. The molecule has 0 aromatic heterocycles. The van der Waals surface area contributed by atoms with Crippen LogP contribution in [-0.2, 0) is 0 Å². The van der Waals surface area contributed by atoms with Crippen LogP contribution in [0.25, 0.3) is 0 Å². The zero-order valence-electron chi connectivity index (χ0n) is 7.82. The second-order valence-electron chi connectivity index (χ2n) is 3.27. The van der Waals surface area contributed by atoms with Crippen molar-refractivity contribution in [1.29, 1.82) is 0 Å². The summed E-state index contributed by atoms with van der Waals surface area (Å²) in [5, 5.41) is 9.51. The monoisotopic (exact) mass is 201 g/mol. The van der Waals surface area contributed by atoms with Gasteiger partial charge in [0.15, 0.2) is 0 Å². The minimum absolute atomic E-state index is 0.0503. The molecule has 0 unspecified atom stereocenters. The number of benzene rings is 1. The van der Waals surface area contributed by atoms with Crippen LogP contribution in [0, 0.1) is 0 Å². The number of rotatable bonds is 3. The fourth-order valence-corrected chi connectivity index (χ4v) is 1.14. The minimum Gasteiger partial charge on any atom is -0.387 e. The van der Waals surface area contributed by atoms with E-state index < -0.39 is 18.6 Å². The van der Waals surface area contributed by atoms with Crippen molar-refractivity contribution >= 4 is 0 Å². The Bertz CT molecular complexity index is 285. The summed E-state index contributed by atoms with van der Waals surface area (Å²) in [6.07, 6.45) is -3.28. The van der Waals surface area contributed by atoms with E-state index in [4.69, 9.17) is 5.73 Å². The fraction of sp³-hybridized carbons (Fsp3) is 0.400. The molecule has 0 aliphatic carbocycles. The maximum Gasteiger partial charge on any atom is 0.263 e. The van der Waals surface area contributed by atoms with Crippen molar-refractivity contribution in [2.75, 3.05) is 0 Å². The van der Waals surface area contributed by atoms with Crippen molar-refractivity contribution in [2.24, 2.45) is 5.73 Å². The largest absolute Gasteiger partial charge is 0.387 e. The number of hydrogen-bond donors (Lipinski definition) is 2. The van der Waals surface area contributed by atoms with Gasteiger partial charge in [0, 0.05) is 11.6 Å². The van der Waals surface area contributed by atoms with E-state index in [0.29, 0.717) is 5.56 Å². The highest BCUT2D eigenvalue weighted by atomic mass is 19.3. The smallest absolute Gasteiger partial charge is 0.263 e. The highest BCUT2D eigenvalue weighted by Gasteiger charge is 2.13. The number of halogens is 2. The normalized spacial score (nSPS) is 15.6. The number of hydrogen-bond acceptors (Lipinski definition) is 2. The highest BCUT2D eigenvalue weighted by Crippen LogP contribution is 2.22. The van der Waals surface area contributed by atoms with Gasteiger partial charge in [-0.3, -0.25) is 0 Å². The average molecular weight is 201 g/mol. The molecule has 0 aliphatic rings. The third-order valence-electron chi connectivity index (χ3n) is 2.03. The summed E-state index contributed by atoms with van der Waals surface area (Å²) in [6.45, 7) is 1.66. The Balaban J connectivity index is 2.83. The minimum atomic E-state index is -2.48. The maximum absolute atomic E-state index is 12.2. The van der Waals surface area contributed by atoms with Crippen LogP contribution in [0.15, 0.2) is 24.3 Å². The Kier molecular flexibility index (Phi) is 3.55. The quantitative estimate of drug-likeness (QED) is 0.785. The van der Waals surface area contributed by atoms with Gasteiger partial charge >= 0.3 is 0 Å². The van der Waals surface area contributed by atoms with Crippen LogP contribution < -0.4 is 5.73 Å². The van der Waals surface area contributed by atoms with E-state index in [2.05, 4.69) is 0 Å². The number of aliphatic hydroxyl groups is 1. The van der Waals surface area contributed by atoms with Crippen molar-refractivity contribution < 1.29 is 13.9 Å². The van der Waals surface area contributed by atoms with E-state index in [1.807, 2.05) is 0 Å². The summed E-state index contributed by atoms with van der Waals surface area (Å²) in [5.41, 5.74) is 5.98. The lowest BCUT2D eigenvalue weighted by atomic mass is 10.0. The lowest BCUT2D eigenvalue weighted by molar-refractivity contribution is 0.148. The number of alkyl halides is 2. The lowest BCUT2D eigenvalue weighted by Gasteiger charge is -2.14. The van der Waals surface area contributed by atoms with Gasteiger partial charge in [0.2, 0.25) is 0 Å². The molecule has 0 aliphatic heterocycles. The van der Waals surface area contributed by atoms with E-state index in [9.17, 15) is 13.9 Å². The maximum atomic E-state index is 12.2. The van der Waals surface area contributed by atoms with Gasteiger partial charge < -0.3 is 10.8 Å². The summed E-state index contributed by atoms with van der Waals surface area (Å²) < 4.78 is 24.3. The molecule has 14 heavy (non-hydrogen) atoms. The molecule has 2 nitrogen and oxygen atoms in total. The van der Waals surface area contributed by atoms with Crippen molar-refractivity contribution in [1.82, 2.24) is 0 Å². The number of aliphatic hydroxyl groups excluding tert-OH is 1. The van der Waals surface area contributed by atoms with Crippen LogP contribution in [0.2, 0.25) is 0 Å². The molecule has 2 atom stereocenters. The van der Waals surface area contributed by atoms with Gasteiger partial charge in [0.05, 0.1) is 6.10 Å². The zero-order chi connectivity index (χ0) is 10.7. The standard InChI is InChI=1S/C10H13F2NO/c1-6(13)9(14)7-2-4-8(5-3-7)10(11)12/h2-6,9-10,14H,13H2,1H3/t6-,9-/m1/s1. The molecule has 0 heterocycles. The molecule has 0 saturated heterocycles. The third kappa shape index (κ3) is 2.49. The topological polar surface area (TPSA) is 46.2 Å². The second kappa shape index (κ2) is 4.48. The first-order chi connectivity index (χ1) is 6.52. The molecular formula is C10H13F2NO. The van der Waals surface area contributed by atoms with E-state index >= 15 is 0 Å². The molecule has 0 radical (unpaired) electrons. The van der Waals surface area contributed by atoms with Crippen molar-refractivity contribution in [3.05, 3.63) is 35.4 Å². The third-order valence-corrected chi connectivity index (χ3v) is 2.03. The summed E-state index contributed by atoms with van der Waals surface area (Å²) >= 11 is 0. The van der Waals surface area contributed by atoms with E-state index in [-0.39, 0.29) is 5.56 Å². The SMILES string of the molecule is C[C@@H](N)[C@@H](O)c1ccc(C(F)F)cc1. The molecule has 0 spiro atoms. The Morgan fingerprint density at radius 1 is 1.14 bits per heavy atom. The van der Waals surface area contributed by atoms with Crippen LogP contribution in [-0.4, -0.2) is 11.1 Å². The lowest BCUT2D eigenvalue weighted by Crippen LogP contribution is -2.24. The van der Waals surface area contributed by atoms with Gasteiger partial charge in [-0.1, -0.05) is 24.3 Å². The van der Waals surface area contributed by atoms with Gasteiger partial charge in [-0.15, -0.1) is 0 Å². The van der Waals surface area contributed by atoms with Gasteiger partial charge in [-0.2, -0.15) is 0 Å². The first kappa shape index (κ1) is 11.1. The summed E-state index contributed by atoms with van der Waals surface area (Å²) in [5.74, 6) is 0. The molecule has 1 rings (SSSR count). The van der Waals surface area contributed by atoms with Gasteiger partial charge in [-0.05, 0) is 12.5 Å². The van der Waals surface area contributed by atoms with Crippen molar-refractivity contribution in [3.63, 3.8) is 0 Å². The second-order valence-corrected chi connectivity index (χ2v) is 3.27. The first-order valence-electron chi connectivity index (χ1n) is 4.34. The van der Waals surface area contributed by atoms with Crippen LogP contribution in [0.5, 0.6) is 0 Å². The van der Waals surface area contributed by atoms with Crippen LogP contribution >= 0.6 is 0 Å². The van der Waals surface area contributed by atoms with Crippen LogP contribution in [0.3, 0.4) is 0 Å². The molecule has 0 fully saturated rings. The molecule has 78 valence electrons. The Morgan fingerprint density at radius 3 is 1.93 bits per heavy atom.